The highest BCUT2D eigenvalue weighted by Crippen LogP contribution is 2.30. The SMILES string of the molecule is CNCC/C([NH3+])=C/N[C@H](CF)[C@H](OC)c1ccc(C2CCN(C(C)=O)CC2)cc1. The van der Waals surface area contributed by atoms with Crippen molar-refractivity contribution in [3.05, 3.63) is 47.3 Å². The van der Waals surface area contributed by atoms with E-state index in [-0.39, 0.29) is 12.0 Å². The van der Waals surface area contributed by atoms with Crippen LogP contribution in [0.25, 0.3) is 0 Å². The van der Waals surface area contributed by atoms with Crippen LogP contribution in [0, 0.1) is 0 Å². The summed E-state index contributed by atoms with van der Waals surface area (Å²) in [6.07, 6.45) is 4.15. The average molecular weight is 408 g/mol. The third-order valence-electron chi connectivity index (χ3n) is 5.66. The van der Waals surface area contributed by atoms with Crippen molar-refractivity contribution in [2.45, 2.75) is 44.2 Å². The van der Waals surface area contributed by atoms with Gasteiger partial charge < -0.3 is 26.0 Å². The molecule has 1 aliphatic heterocycles. The van der Waals surface area contributed by atoms with Crippen LogP contribution < -0.4 is 16.4 Å². The number of hydrogen-bond acceptors (Lipinski definition) is 4. The van der Waals surface area contributed by atoms with Gasteiger partial charge >= 0.3 is 0 Å². The molecule has 29 heavy (non-hydrogen) atoms. The second-order valence-electron chi connectivity index (χ2n) is 7.69. The number of halogens is 1. The fourth-order valence-corrected chi connectivity index (χ4v) is 3.81. The van der Waals surface area contributed by atoms with Crippen LogP contribution in [0.1, 0.15) is 49.3 Å². The zero-order chi connectivity index (χ0) is 21.2. The van der Waals surface area contributed by atoms with Gasteiger partial charge in [-0.25, -0.2) is 4.39 Å². The summed E-state index contributed by atoms with van der Waals surface area (Å²) in [6, 6.07) is 7.80. The van der Waals surface area contributed by atoms with Crippen LogP contribution in [-0.4, -0.2) is 57.3 Å². The van der Waals surface area contributed by atoms with Crippen molar-refractivity contribution in [1.82, 2.24) is 15.5 Å². The summed E-state index contributed by atoms with van der Waals surface area (Å²) in [6.45, 7) is 3.54. The van der Waals surface area contributed by atoms with Crippen molar-refractivity contribution in [1.29, 1.82) is 0 Å². The number of piperidine rings is 1. The molecule has 0 radical (unpaired) electrons. The normalized spacial score (nSPS) is 17.8. The number of alkyl halides is 1. The van der Waals surface area contributed by atoms with Crippen LogP contribution in [-0.2, 0) is 9.53 Å². The van der Waals surface area contributed by atoms with Gasteiger partial charge in [-0.2, -0.15) is 0 Å². The Bertz CT molecular complexity index is 657. The standard InChI is InChI=1S/C22H35FN4O2/c1-16(28)27-12-9-18(10-13-27)17-4-6-19(7-5-17)22(29-3)21(14-23)26-15-20(24)8-11-25-2/h4-7,15,18,21-22,25-26H,8-14,24H2,1-3H3/p+1/b20-15-/t21-,22-/m1/s1. The molecule has 2 rings (SSSR count). The largest absolute Gasteiger partial charge is 0.378 e. The summed E-state index contributed by atoms with van der Waals surface area (Å²) in [7, 11) is 3.50. The van der Waals surface area contributed by atoms with Crippen LogP contribution in [0.3, 0.4) is 0 Å². The van der Waals surface area contributed by atoms with Gasteiger partial charge in [0, 0.05) is 40.1 Å². The van der Waals surface area contributed by atoms with Crippen molar-refractivity contribution in [3.63, 3.8) is 0 Å². The van der Waals surface area contributed by atoms with Gasteiger partial charge in [-0.3, -0.25) is 4.79 Å². The van der Waals surface area contributed by atoms with Gasteiger partial charge in [0.2, 0.25) is 5.91 Å². The van der Waals surface area contributed by atoms with E-state index in [1.165, 1.54) is 5.56 Å². The molecule has 6 nitrogen and oxygen atoms in total. The van der Waals surface area contributed by atoms with Crippen LogP contribution >= 0.6 is 0 Å². The molecule has 0 spiro atoms. The Morgan fingerprint density at radius 1 is 1.34 bits per heavy atom. The maximum atomic E-state index is 13.7. The zero-order valence-corrected chi connectivity index (χ0v) is 17.9. The molecule has 1 amide bonds. The number of nitrogens with zero attached hydrogens (tertiary/aromatic N) is 1. The summed E-state index contributed by atoms with van der Waals surface area (Å²) in [4.78, 5) is 13.4. The predicted octanol–water partition coefficient (Wildman–Crippen LogP) is 1.72. The first-order valence-electron chi connectivity index (χ1n) is 10.4. The molecule has 0 bridgehead atoms. The van der Waals surface area contributed by atoms with E-state index < -0.39 is 12.7 Å². The Morgan fingerprint density at radius 2 is 2.00 bits per heavy atom. The number of amides is 1. The first-order chi connectivity index (χ1) is 14.0. The van der Waals surface area contributed by atoms with Crippen molar-refractivity contribution in [2.24, 2.45) is 0 Å². The highest BCUT2D eigenvalue weighted by Gasteiger charge is 2.25. The number of benzene rings is 1. The second kappa shape index (κ2) is 11.9. The van der Waals surface area contributed by atoms with Gasteiger partial charge in [0.05, 0.1) is 12.2 Å². The highest BCUT2D eigenvalue weighted by molar-refractivity contribution is 5.73. The Labute approximate surface area is 173 Å². The molecule has 0 aliphatic carbocycles. The van der Waals surface area contributed by atoms with E-state index in [1.807, 2.05) is 24.1 Å². The van der Waals surface area contributed by atoms with Crippen LogP contribution in [0.15, 0.2) is 36.2 Å². The maximum Gasteiger partial charge on any atom is 0.219 e. The van der Waals surface area contributed by atoms with Gasteiger partial charge in [-0.15, -0.1) is 0 Å². The molecule has 162 valence electrons. The Hall–Kier alpha value is -1.96. The molecule has 1 saturated heterocycles. The number of carbonyl (C=O) groups is 1. The minimum atomic E-state index is -0.542. The second-order valence-corrected chi connectivity index (χ2v) is 7.69. The number of likely N-dealkylation sites (tertiary alicyclic amines) is 1. The molecule has 5 N–H and O–H groups in total. The van der Waals surface area contributed by atoms with E-state index in [0.29, 0.717) is 5.92 Å². The molecule has 1 aromatic carbocycles. The topological polar surface area (TPSA) is 81.2 Å². The number of methoxy groups -OCH3 is 1. The van der Waals surface area contributed by atoms with E-state index in [2.05, 4.69) is 28.5 Å². The van der Waals surface area contributed by atoms with Crippen molar-refractivity contribution >= 4 is 5.91 Å². The first-order valence-corrected chi connectivity index (χ1v) is 10.4. The van der Waals surface area contributed by atoms with E-state index >= 15 is 0 Å². The summed E-state index contributed by atoms with van der Waals surface area (Å²) in [5.41, 5.74) is 7.12. The maximum absolute atomic E-state index is 13.7. The molecule has 0 unspecified atom stereocenters. The molecule has 1 heterocycles. The predicted molar refractivity (Wildman–Crippen MR) is 113 cm³/mol. The average Bonchev–Trinajstić information content (AvgIpc) is 2.75. The zero-order valence-electron chi connectivity index (χ0n) is 17.9. The summed E-state index contributed by atoms with van der Waals surface area (Å²) in [5.74, 6) is 0.608. The Kier molecular flexibility index (Phi) is 9.57. The third-order valence-corrected chi connectivity index (χ3v) is 5.66. The fraction of sp³-hybridized carbons (Fsp3) is 0.591. The van der Waals surface area contributed by atoms with Crippen molar-refractivity contribution < 1.29 is 19.7 Å². The van der Waals surface area contributed by atoms with Gasteiger partial charge in [0.15, 0.2) is 0 Å². The molecule has 0 saturated carbocycles. The quantitative estimate of drug-likeness (QED) is 0.552. The highest BCUT2D eigenvalue weighted by atomic mass is 19.1. The molecule has 1 aliphatic rings. The van der Waals surface area contributed by atoms with Crippen LogP contribution in [0.5, 0.6) is 0 Å². The number of quaternary nitrogens is 1. The molecule has 1 aromatic rings. The lowest BCUT2D eigenvalue weighted by Crippen LogP contribution is -2.50. The lowest BCUT2D eigenvalue weighted by molar-refractivity contribution is -0.307. The minimum Gasteiger partial charge on any atom is -0.378 e. The Morgan fingerprint density at radius 3 is 2.52 bits per heavy atom. The minimum absolute atomic E-state index is 0.150. The third kappa shape index (κ3) is 6.80. The summed E-state index contributed by atoms with van der Waals surface area (Å²) in [5, 5.41) is 6.20. The van der Waals surface area contributed by atoms with Gasteiger partial charge in [0.1, 0.15) is 18.5 Å². The molecular weight excluding hydrogens is 371 g/mol. The first kappa shape index (κ1) is 23.3. The van der Waals surface area contributed by atoms with Gasteiger partial charge in [-0.05, 0) is 36.9 Å². The van der Waals surface area contributed by atoms with Gasteiger partial charge in [-0.1, -0.05) is 24.3 Å². The summed E-state index contributed by atoms with van der Waals surface area (Å²) < 4.78 is 19.3. The van der Waals surface area contributed by atoms with Gasteiger partial charge in [0.25, 0.3) is 0 Å². The number of rotatable bonds is 10. The van der Waals surface area contributed by atoms with Crippen molar-refractivity contribution in [2.75, 3.05) is 40.5 Å². The Balaban J connectivity index is 2.00. The number of carbonyl (C=O) groups excluding carboxylic acids is 1. The summed E-state index contributed by atoms with van der Waals surface area (Å²) >= 11 is 0. The van der Waals surface area contributed by atoms with E-state index in [0.717, 1.165) is 50.2 Å². The van der Waals surface area contributed by atoms with Crippen LogP contribution in [0.2, 0.25) is 0 Å². The van der Waals surface area contributed by atoms with E-state index in [4.69, 9.17) is 4.74 Å². The smallest absolute Gasteiger partial charge is 0.219 e. The fourth-order valence-electron chi connectivity index (χ4n) is 3.81. The number of ether oxygens (including phenoxy) is 1. The number of nitrogens with one attached hydrogen (secondary N) is 2. The molecule has 7 heteroatoms. The van der Waals surface area contributed by atoms with Crippen LogP contribution in [0.4, 0.5) is 4.39 Å². The monoisotopic (exact) mass is 407 g/mol. The lowest BCUT2D eigenvalue weighted by Gasteiger charge is -2.31. The molecule has 0 aromatic heterocycles. The lowest BCUT2D eigenvalue weighted by atomic mass is 9.88. The van der Waals surface area contributed by atoms with E-state index in [1.54, 1.807) is 20.2 Å². The van der Waals surface area contributed by atoms with E-state index in [9.17, 15) is 9.18 Å². The molecule has 2 atom stereocenters. The van der Waals surface area contributed by atoms with Crippen molar-refractivity contribution in [3.8, 4) is 0 Å². The number of hydrogen-bond donors (Lipinski definition) is 3. The molecule has 1 fully saturated rings. The molecular formula is C22H36FN4O2+.